The van der Waals surface area contributed by atoms with E-state index >= 15 is 0 Å². The SMILES string of the molecule is C=C(C)C(=O)OCCN=C=O.C=C(C)C(=O)OCCNC(=O)Oc1ccc(C(O)CC(O)c2ccccc2)cc1.Cc1ccccc1.Oc1ccc(C(O)CC(O)c2ccccc2)cc1.[Ir].[Ir].[c-]1c(-c2[c-]c(-c3ccccn3)ccc2)cccc1-c1ccccn1.[c-]1c(-c2[c-]c(-c3ccccn3)ccc2)cccc1-c1ccccn1. The molecule has 13 aromatic rings. The number of isocyanates is 1. The minimum Gasteiger partial charge on any atom is -0.508 e. The topological polar surface area (TPSA) is 273 Å². The third-order valence-corrected chi connectivity index (χ3v) is 16.3. The fourth-order valence-corrected chi connectivity index (χ4v) is 10.4. The zero-order valence-corrected chi connectivity index (χ0v) is 68.2. The second kappa shape index (κ2) is 50.6. The van der Waals surface area contributed by atoms with E-state index in [2.05, 4.69) is 91.5 Å². The molecule has 115 heavy (non-hydrogen) atoms. The molecule has 0 aliphatic carbocycles. The minimum atomic E-state index is -0.865. The normalized spacial score (nSPS) is 11.1. The van der Waals surface area contributed by atoms with E-state index in [4.69, 9.17) is 14.6 Å². The third kappa shape index (κ3) is 32.3. The van der Waals surface area contributed by atoms with E-state index in [9.17, 15) is 39.6 Å². The molecule has 0 saturated heterocycles. The molecule has 9 aromatic carbocycles. The Hall–Kier alpha value is -12.4. The first kappa shape index (κ1) is 91.5. The number of nitrogens with zero attached hydrogens (tertiary/aromatic N) is 5. The number of hydrogen-bond acceptors (Lipinski definition) is 17. The zero-order valence-electron chi connectivity index (χ0n) is 63.4. The van der Waals surface area contributed by atoms with Crippen LogP contribution in [0.2, 0.25) is 0 Å². The van der Waals surface area contributed by atoms with Gasteiger partial charge in [0, 0.05) is 112 Å². The molecule has 20 heteroatoms. The molecule has 0 bridgehead atoms. The number of phenolic OH excluding ortho intramolecular Hbond substituents is 1. The Balaban J connectivity index is 0.000000223. The Labute approximate surface area is 698 Å². The molecule has 0 aliphatic rings. The van der Waals surface area contributed by atoms with Crippen molar-refractivity contribution in [3.63, 3.8) is 0 Å². The Bertz CT molecular complexity index is 4780. The number of benzene rings is 9. The van der Waals surface area contributed by atoms with Gasteiger partial charge in [0.15, 0.2) is 0 Å². The molecule has 18 nitrogen and oxygen atoms in total. The summed E-state index contributed by atoms with van der Waals surface area (Å²) in [7, 11) is 0. The van der Waals surface area contributed by atoms with Gasteiger partial charge < -0.3 is 45.1 Å². The standard InChI is InChI=1S/2C22H14N2.C22H25NO6.C15H16O3.C7H9NO3.C7H8.2Ir/c2*1-3-13-23-21(11-1)19-9-5-7-17(15-19)18-8-6-10-20(16-18)22-12-2-4-14-24-22;1-15(2)21(26)28-13-12-23-22(27)29-18-10-8-17(9-11-18)20(25)14-19(24)16-6-4-3-5-7-16;16-13-8-6-12(7-9-13)15(18)10-14(17)11-4-2-1-3-5-11;1-6(2)7(10)11-4-3-8-5-9;1-7-5-3-2-4-6-7;;/h2*1-14H;3-11,19-20,24-25H,1,12-14H2,2H3,(H,23,27);1-9,14-18H,10H2;1,3-4H2,2H3;2-6H,1H3;;/q2*-2;;;;;;. The van der Waals surface area contributed by atoms with Crippen LogP contribution in [0, 0.1) is 31.2 Å². The van der Waals surface area contributed by atoms with Crippen LogP contribution < -0.4 is 10.1 Å². The van der Waals surface area contributed by atoms with Gasteiger partial charge in [-0.1, -0.05) is 183 Å². The number of aromatic nitrogens is 4. The Morgan fingerprint density at radius 2 is 0.713 bits per heavy atom. The zero-order chi connectivity index (χ0) is 80.4. The number of aromatic hydroxyl groups is 1. The van der Waals surface area contributed by atoms with Crippen LogP contribution in [-0.2, 0) is 64.1 Å². The van der Waals surface area contributed by atoms with Gasteiger partial charge in [-0.25, -0.2) is 24.2 Å². The minimum absolute atomic E-state index is 0. The number of aryl methyl sites for hydroxylation is 1. The summed E-state index contributed by atoms with van der Waals surface area (Å²) in [5, 5.41) is 52.2. The monoisotopic (exact) mass is 1890 g/mol. The number of ether oxygens (including phenoxy) is 3. The van der Waals surface area contributed by atoms with E-state index in [0.29, 0.717) is 22.4 Å². The molecule has 590 valence electrons. The Morgan fingerprint density at radius 3 is 1.02 bits per heavy atom. The van der Waals surface area contributed by atoms with E-state index < -0.39 is 42.4 Å². The summed E-state index contributed by atoms with van der Waals surface area (Å²) in [4.78, 5) is 63.9. The average molecular weight is 1890 g/mol. The quantitative estimate of drug-likeness (QED) is 0.00867. The first-order valence-corrected chi connectivity index (χ1v) is 36.0. The van der Waals surface area contributed by atoms with Crippen LogP contribution in [0.25, 0.3) is 67.3 Å². The number of aliphatic imine (C=N–C) groups is 1. The van der Waals surface area contributed by atoms with Crippen molar-refractivity contribution in [3.05, 3.63) is 386 Å². The Kier molecular flexibility index (Phi) is 40.2. The average Bonchev–Trinajstić information content (AvgIpc) is 0.823. The van der Waals surface area contributed by atoms with E-state index in [1.54, 1.807) is 80.2 Å². The molecule has 0 spiro atoms. The van der Waals surface area contributed by atoms with Crippen molar-refractivity contribution < 1.29 is 99.1 Å². The van der Waals surface area contributed by atoms with Crippen molar-refractivity contribution in [3.8, 4) is 78.8 Å². The summed E-state index contributed by atoms with van der Waals surface area (Å²) in [5.74, 6) is -0.534. The van der Waals surface area contributed by atoms with Crippen molar-refractivity contribution >= 4 is 24.1 Å². The van der Waals surface area contributed by atoms with E-state index in [0.717, 1.165) is 78.4 Å². The van der Waals surface area contributed by atoms with Crippen molar-refractivity contribution in [2.45, 2.75) is 58.0 Å². The number of aliphatic hydroxyl groups is 4. The van der Waals surface area contributed by atoms with Crippen LogP contribution in [0.1, 0.15) is 78.9 Å². The fraction of sp³-hybridized carbons (Fsp3) is 0.137. The van der Waals surface area contributed by atoms with Crippen LogP contribution >= 0.6 is 0 Å². The Morgan fingerprint density at radius 1 is 0.409 bits per heavy atom. The molecule has 4 atom stereocenters. The second-order valence-corrected chi connectivity index (χ2v) is 25.1. The number of rotatable bonds is 23. The fourth-order valence-electron chi connectivity index (χ4n) is 10.4. The van der Waals surface area contributed by atoms with Gasteiger partial charge in [-0.15, -0.1) is 70.8 Å². The number of amides is 1. The number of esters is 2. The van der Waals surface area contributed by atoms with Gasteiger partial charge in [0.2, 0.25) is 6.08 Å². The molecule has 4 heterocycles. The maximum absolute atomic E-state index is 11.7. The van der Waals surface area contributed by atoms with Crippen LogP contribution in [-0.4, -0.2) is 95.9 Å². The third-order valence-electron chi connectivity index (χ3n) is 16.3. The first-order valence-electron chi connectivity index (χ1n) is 36.0. The summed E-state index contributed by atoms with van der Waals surface area (Å²) in [6, 6.07) is 103. The van der Waals surface area contributed by atoms with Gasteiger partial charge in [0.1, 0.15) is 24.7 Å². The van der Waals surface area contributed by atoms with Crippen LogP contribution in [0.4, 0.5) is 4.79 Å². The molecular formula is C95H86Ir2N6O12-4. The van der Waals surface area contributed by atoms with Crippen molar-refractivity contribution in [2.75, 3.05) is 26.3 Å². The number of carbonyl (C=O) groups is 3. The maximum atomic E-state index is 11.7. The van der Waals surface area contributed by atoms with Gasteiger partial charge in [-0.3, -0.25) is 19.9 Å². The first-order chi connectivity index (χ1) is 54.9. The summed E-state index contributed by atoms with van der Waals surface area (Å²) < 4.78 is 14.6. The van der Waals surface area contributed by atoms with E-state index in [1.807, 2.05) is 212 Å². The molecule has 4 aromatic heterocycles. The predicted molar refractivity (Wildman–Crippen MR) is 438 cm³/mol. The second-order valence-electron chi connectivity index (χ2n) is 25.1. The number of nitrogens with one attached hydrogen (secondary N) is 1. The number of pyridine rings is 4. The largest absolute Gasteiger partial charge is 0.508 e. The van der Waals surface area contributed by atoms with Gasteiger partial charge >= 0.3 is 18.0 Å². The van der Waals surface area contributed by atoms with Gasteiger partial charge in [-0.05, 0) is 91.6 Å². The molecule has 1 amide bonds. The number of aliphatic hydroxyl groups excluding tert-OH is 4. The number of phenols is 1. The summed E-state index contributed by atoms with van der Waals surface area (Å²) in [6.07, 6.45) is 5.10. The van der Waals surface area contributed by atoms with Gasteiger partial charge in [-0.2, -0.15) is 70.8 Å². The summed E-state index contributed by atoms with van der Waals surface area (Å²) in [5.41, 5.74) is 16.3. The summed E-state index contributed by atoms with van der Waals surface area (Å²) in [6.45, 7) is 12.4. The van der Waals surface area contributed by atoms with Gasteiger partial charge in [0.25, 0.3) is 0 Å². The molecule has 0 aliphatic heterocycles. The maximum Gasteiger partial charge on any atom is 0.412 e. The molecule has 0 saturated carbocycles. The number of carbonyl (C=O) groups excluding carboxylic acids is 4. The van der Waals surface area contributed by atoms with Crippen LogP contribution in [0.3, 0.4) is 0 Å². The molecule has 13 rings (SSSR count). The van der Waals surface area contributed by atoms with Crippen molar-refractivity contribution in [1.82, 2.24) is 25.3 Å². The smallest absolute Gasteiger partial charge is 0.412 e. The molecular weight excluding hydrogens is 1800 g/mol. The van der Waals surface area contributed by atoms with Crippen LogP contribution in [0.15, 0.2) is 339 Å². The molecule has 6 N–H and O–H groups in total. The van der Waals surface area contributed by atoms with Gasteiger partial charge in [0.05, 0.1) is 37.5 Å². The molecule has 0 fully saturated rings. The number of hydrogen-bond donors (Lipinski definition) is 6. The van der Waals surface area contributed by atoms with E-state index in [-0.39, 0.29) is 90.7 Å². The van der Waals surface area contributed by atoms with Crippen molar-refractivity contribution in [2.24, 2.45) is 4.99 Å². The van der Waals surface area contributed by atoms with Crippen LogP contribution in [0.5, 0.6) is 11.5 Å². The molecule has 2 radical (unpaired) electrons. The molecule has 4 unspecified atom stereocenters. The predicted octanol–water partition coefficient (Wildman–Crippen LogP) is 18.2. The van der Waals surface area contributed by atoms with Crippen molar-refractivity contribution in [1.29, 1.82) is 0 Å². The summed E-state index contributed by atoms with van der Waals surface area (Å²) >= 11 is 0. The van der Waals surface area contributed by atoms with E-state index in [1.165, 1.54) is 30.7 Å².